The summed E-state index contributed by atoms with van der Waals surface area (Å²) < 4.78 is 0. The standard InChI is InChI=1S/C34H44/c1-5-26-18-31-21-33(22-32(31)19-27(26)6-2)34-14-10-13-28(34)15-23(3)29-16-24(4)30(20-29)17-25-11-8-7-9-12-25/h13-14,18-20,25,33H,3,5-12,15-17,21-22H2,1-2,4H3. The summed E-state index contributed by atoms with van der Waals surface area (Å²) in [6.07, 6.45) is 24.0. The zero-order chi connectivity index (χ0) is 23.7. The van der Waals surface area contributed by atoms with Gasteiger partial charge >= 0.3 is 0 Å². The second-order valence-electron chi connectivity index (χ2n) is 11.5. The molecule has 1 saturated carbocycles. The van der Waals surface area contributed by atoms with Crippen molar-refractivity contribution >= 4 is 0 Å². The lowest BCUT2D eigenvalue weighted by Crippen LogP contribution is -2.06. The van der Waals surface area contributed by atoms with E-state index < -0.39 is 0 Å². The molecule has 0 heteroatoms. The Labute approximate surface area is 208 Å². The smallest absolute Gasteiger partial charge is 0.00291 e. The first-order valence-corrected chi connectivity index (χ1v) is 14.2. The molecular weight excluding hydrogens is 408 g/mol. The minimum Gasteiger partial charge on any atom is -0.0952 e. The summed E-state index contributed by atoms with van der Waals surface area (Å²) in [6.45, 7) is 11.6. The lowest BCUT2D eigenvalue weighted by molar-refractivity contribution is 0.357. The number of fused-ring (bicyclic) bond motifs is 1. The molecule has 0 amide bonds. The molecule has 0 N–H and O–H groups in total. The van der Waals surface area contributed by atoms with Gasteiger partial charge in [-0.1, -0.05) is 88.5 Å². The Morgan fingerprint density at radius 3 is 2.26 bits per heavy atom. The Kier molecular flexibility index (Phi) is 7.14. The summed E-state index contributed by atoms with van der Waals surface area (Å²) in [5.41, 5.74) is 15.6. The average Bonchev–Trinajstić information content (AvgIpc) is 3.57. The summed E-state index contributed by atoms with van der Waals surface area (Å²) in [7, 11) is 0. The number of hydrogen-bond acceptors (Lipinski definition) is 0. The molecule has 4 aliphatic carbocycles. The molecule has 180 valence electrons. The zero-order valence-electron chi connectivity index (χ0n) is 21.9. The molecule has 0 aliphatic heterocycles. The van der Waals surface area contributed by atoms with Crippen molar-refractivity contribution in [3.05, 3.63) is 92.6 Å². The third-order valence-electron chi connectivity index (χ3n) is 9.17. The van der Waals surface area contributed by atoms with Crippen LogP contribution >= 0.6 is 0 Å². The van der Waals surface area contributed by atoms with Gasteiger partial charge in [-0.3, -0.25) is 0 Å². The number of aryl methyl sites for hydroxylation is 2. The van der Waals surface area contributed by atoms with Gasteiger partial charge in [0, 0.05) is 0 Å². The van der Waals surface area contributed by atoms with Crippen LogP contribution in [0.2, 0.25) is 0 Å². The fourth-order valence-corrected chi connectivity index (χ4v) is 7.12. The van der Waals surface area contributed by atoms with Crippen molar-refractivity contribution in [2.45, 2.75) is 104 Å². The van der Waals surface area contributed by atoms with Crippen molar-refractivity contribution in [2.75, 3.05) is 0 Å². The molecule has 0 unspecified atom stereocenters. The predicted molar refractivity (Wildman–Crippen MR) is 147 cm³/mol. The fourth-order valence-electron chi connectivity index (χ4n) is 7.12. The predicted octanol–water partition coefficient (Wildman–Crippen LogP) is 9.35. The normalized spacial score (nSPS) is 21.1. The van der Waals surface area contributed by atoms with Crippen LogP contribution in [0.4, 0.5) is 0 Å². The number of allylic oxidation sites excluding steroid dienone is 9. The van der Waals surface area contributed by atoms with Gasteiger partial charge in [-0.2, -0.15) is 0 Å². The molecule has 1 aromatic rings. The van der Waals surface area contributed by atoms with E-state index >= 15 is 0 Å². The number of rotatable bonds is 8. The third kappa shape index (κ3) is 4.84. The van der Waals surface area contributed by atoms with Crippen LogP contribution in [0.3, 0.4) is 0 Å². The van der Waals surface area contributed by atoms with Gasteiger partial charge in [0.05, 0.1) is 0 Å². The summed E-state index contributed by atoms with van der Waals surface area (Å²) in [5.74, 6) is 1.58. The van der Waals surface area contributed by atoms with Gasteiger partial charge in [0.15, 0.2) is 0 Å². The number of hydrogen-bond donors (Lipinski definition) is 0. The van der Waals surface area contributed by atoms with E-state index in [1.165, 1.54) is 62.5 Å². The van der Waals surface area contributed by atoms with E-state index in [9.17, 15) is 0 Å². The Morgan fingerprint density at radius 1 is 0.941 bits per heavy atom. The van der Waals surface area contributed by atoms with Gasteiger partial charge in [-0.25, -0.2) is 0 Å². The molecule has 1 fully saturated rings. The van der Waals surface area contributed by atoms with Gasteiger partial charge in [0.2, 0.25) is 0 Å². The SMILES string of the molecule is C=C(CC1=CCC=C1C1Cc2cc(CC)c(CC)cc2C1)C1=CC(CC2CCCCC2)=C(C)C1. The maximum Gasteiger partial charge on any atom is -0.00291 e. The zero-order valence-corrected chi connectivity index (χ0v) is 21.9. The van der Waals surface area contributed by atoms with Crippen LogP contribution in [-0.4, -0.2) is 0 Å². The van der Waals surface area contributed by atoms with Crippen LogP contribution in [0.15, 0.2) is 70.4 Å². The molecule has 1 aromatic carbocycles. The van der Waals surface area contributed by atoms with Crippen molar-refractivity contribution in [1.82, 2.24) is 0 Å². The Morgan fingerprint density at radius 2 is 1.62 bits per heavy atom. The van der Waals surface area contributed by atoms with E-state index in [0.29, 0.717) is 5.92 Å². The molecule has 0 bridgehead atoms. The van der Waals surface area contributed by atoms with Crippen LogP contribution in [0.1, 0.15) is 101 Å². The van der Waals surface area contributed by atoms with E-state index in [2.05, 4.69) is 57.7 Å². The highest BCUT2D eigenvalue weighted by molar-refractivity contribution is 5.52. The van der Waals surface area contributed by atoms with Gasteiger partial charge < -0.3 is 0 Å². The summed E-state index contributed by atoms with van der Waals surface area (Å²) in [6, 6.07) is 5.05. The molecule has 0 nitrogen and oxygen atoms in total. The molecular formula is C34H44. The minimum atomic E-state index is 0.660. The molecule has 34 heavy (non-hydrogen) atoms. The van der Waals surface area contributed by atoms with Crippen LogP contribution in [0.25, 0.3) is 0 Å². The Hall–Kier alpha value is -2.08. The summed E-state index contributed by atoms with van der Waals surface area (Å²) in [5, 5.41) is 0. The summed E-state index contributed by atoms with van der Waals surface area (Å²) in [4.78, 5) is 0. The third-order valence-corrected chi connectivity index (χ3v) is 9.17. The highest BCUT2D eigenvalue weighted by Gasteiger charge is 2.29. The molecule has 0 saturated heterocycles. The average molecular weight is 453 g/mol. The van der Waals surface area contributed by atoms with Crippen LogP contribution in [0.5, 0.6) is 0 Å². The maximum atomic E-state index is 4.60. The second-order valence-corrected chi connectivity index (χ2v) is 11.5. The highest BCUT2D eigenvalue weighted by Crippen LogP contribution is 2.42. The van der Waals surface area contributed by atoms with E-state index in [-0.39, 0.29) is 0 Å². The molecule has 0 heterocycles. The van der Waals surface area contributed by atoms with E-state index in [4.69, 9.17) is 0 Å². The van der Waals surface area contributed by atoms with E-state index in [0.717, 1.165) is 38.0 Å². The van der Waals surface area contributed by atoms with Gasteiger partial charge in [0.25, 0.3) is 0 Å². The first-order chi connectivity index (χ1) is 16.6. The molecule has 0 atom stereocenters. The number of benzene rings is 1. The molecule has 5 rings (SSSR count). The van der Waals surface area contributed by atoms with Crippen LogP contribution in [0, 0.1) is 11.8 Å². The van der Waals surface area contributed by atoms with Gasteiger partial charge in [-0.15, -0.1) is 0 Å². The van der Waals surface area contributed by atoms with Crippen molar-refractivity contribution in [3.8, 4) is 0 Å². The highest BCUT2D eigenvalue weighted by atomic mass is 14.3. The monoisotopic (exact) mass is 452 g/mol. The molecule has 4 aliphatic rings. The topological polar surface area (TPSA) is 0 Å². The van der Waals surface area contributed by atoms with Crippen molar-refractivity contribution in [2.24, 2.45) is 11.8 Å². The lowest BCUT2D eigenvalue weighted by Gasteiger charge is -2.21. The molecule has 0 spiro atoms. The second kappa shape index (κ2) is 10.3. The Bertz CT molecular complexity index is 1040. The molecule has 0 radical (unpaired) electrons. The van der Waals surface area contributed by atoms with Crippen LogP contribution in [-0.2, 0) is 25.7 Å². The minimum absolute atomic E-state index is 0.660. The first kappa shape index (κ1) is 23.7. The molecule has 0 aromatic heterocycles. The van der Waals surface area contributed by atoms with Crippen molar-refractivity contribution < 1.29 is 0 Å². The summed E-state index contributed by atoms with van der Waals surface area (Å²) >= 11 is 0. The largest absolute Gasteiger partial charge is 0.0952 e. The lowest BCUT2D eigenvalue weighted by atomic mass is 9.84. The van der Waals surface area contributed by atoms with Crippen LogP contribution < -0.4 is 0 Å². The van der Waals surface area contributed by atoms with Crippen molar-refractivity contribution in [3.63, 3.8) is 0 Å². The van der Waals surface area contributed by atoms with Gasteiger partial charge in [-0.05, 0) is 120 Å². The fraction of sp³-hybridized carbons (Fsp3) is 0.529. The van der Waals surface area contributed by atoms with Crippen molar-refractivity contribution in [1.29, 1.82) is 0 Å². The quantitative estimate of drug-likeness (QED) is 0.368. The van der Waals surface area contributed by atoms with E-state index in [1.54, 1.807) is 44.5 Å². The first-order valence-electron chi connectivity index (χ1n) is 14.2. The Balaban J connectivity index is 1.23. The maximum absolute atomic E-state index is 4.60. The van der Waals surface area contributed by atoms with Gasteiger partial charge in [0.1, 0.15) is 0 Å². The van der Waals surface area contributed by atoms with E-state index in [1.807, 2.05) is 0 Å².